The highest BCUT2D eigenvalue weighted by Gasteiger charge is 2.24. The molecule has 1 fully saturated rings. The van der Waals surface area contributed by atoms with Crippen LogP contribution >= 0.6 is 11.6 Å². The van der Waals surface area contributed by atoms with E-state index in [-0.39, 0.29) is 5.91 Å². The van der Waals surface area contributed by atoms with Crippen molar-refractivity contribution in [3.05, 3.63) is 53.4 Å². The minimum atomic E-state index is -0.112. The lowest BCUT2D eigenvalue weighted by atomic mass is 9.99. The summed E-state index contributed by atoms with van der Waals surface area (Å²) in [7, 11) is 0. The Bertz CT molecular complexity index is 1030. The van der Waals surface area contributed by atoms with Gasteiger partial charge in [-0.1, -0.05) is 37.9 Å². The summed E-state index contributed by atoms with van der Waals surface area (Å²) >= 11 is 6.52. The van der Waals surface area contributed by atoms with Crippen LogP contribution in [0.3, 0.4) is 0 Å². The molecule has 3 heterocycles. The summed E-state index contributed by atoms with van der Waals surface area (Å²) < 4.78 is 1.83. The minimum Gasteiger partial charge on any atom is -0.350 e. The molecule has 7 heteroatoms. The number of aromatic nitrogens is 3. The van der Waals surface area contributed by atoms with Crippen LogP contribution in [0.5, 0.6) is 0 Å². The van der Waals surface area contributed by atoms with Crippen molar-refractivity contribution < 1.29 is 4.79 Å². The molecule has 1 N–H and O–H groups in total. The summed E-state index contributed by atoms with van der Waals surface area (Å²) in [6.07, 6.45) is 10.0. The van der Waals surface area contributed by atoms with Gasteiger partial charge in [-0.05, 0) is 56.5 Å². The summed E-state index contributed by atoms with van der Waals surface area (Å²) in [4.78, 5) is 24.5. The smallest absolute Gasteiger partial charge is 0.253 e. The van der Waals surface area contributed by atoms with Crippen molar-refractivity contribution in [2.24, 2.45) is 5.92 Å². The highest BCUT2D eigenvalue weighted by Crippen LogP contribution is 2.30. The number of amides is 1. The van der Waals surface area contributed by atoms with Crippen molar-refractivity contribution >= 4 is 28.4 Å². The van der Waals surface area contributed by atoms with Gasteiger partial charge in [-0.2, -0.15) is 0 Å². The topological polar surface area (TPSA) is 63.1 Å². The molecule has 1 atom stereocenters. The Hall–Kier alpha value is -2.44. The van der Waals surface area contributed by atoms with Crippen LogP contribution in [-0.4, -0.2) is 51.0 Å². The number of fused-ring (bicyclic) bond motifs is 1. The molecule has 0 spiro atoms. The zero-order valence-electron chi connectivity index (χ0n) is 18.2. The van der Waals surface area contributed by atoms with Gasteiger partial charge in [0.2, 0.25) is 5.95 Å². The largest absolute Gasteiger partial charge is 0.350 e. The predicted octanol–water partition coefficient (Wildman–Crippen LogP) is 4.70. The number of halogens is 1. The first-order valence-corrected chi connectivity index (χ1v) is 11.5. The lowest BCUT2D eigenvalue weighted by Gasteiger charge is -2.35. The third kappa shape index (κ3) is 4.91. The molecule has 1 aliphatic heterocycles. The molecule has 1 aliphatic rings. The van der Waals surface area contributed by atoms with E-state index in [9.17, 15) is 4.79 Å². The molecule has 0 saturated carbocycles. The first-order chi connectivity index (χ1) is 15.0. The molecule has 3 aromatic rings. The van der Waals surface area contributed by atoms with Gasteiger partial charge < -0.3 is 5.32 Å². The van der Waals surface area contributed by atoms with Crippen LogP contribution in [0.15, 0.2) is 42.9 Å². The Morgan fingerprint density at radius 1 is 1.13 bits per heavy atom. The van der Waals surface area contributed by atoms with Crippen molar-refractivity contribution in [3.8, 4) is 5.95 Å². The van der Waals surface area contributed by atoms with Gasteiger partial charge in [0.25, 0.3) is 5.91 Å². The van der Waals surface area contributed by atoms with Crippen molar-refractivity contribution in [3.63, 3.8) is 0 Å². The van der Waals surface area contributed by atoms with E-state index >= 15 is 0 Å². The molecule has 0 bridgehead atoms. The number of benzene rings is 1. The quantitative estimate of drug-likeness (QED) is 0.579. The van der Waals surface area contributed by atoms with Gasteiger partial charge in [0, 0.05) is 36.6 Å². The van der Waals surface area contributed by atoms with E-state index in [1.54, 1.807) is 24.7 Å². The maximum Gasteiger partial charge on any atom is 0.253 e. The van der Waals surface area contributed by atoms with E-state index in [1.807, 2.05) is 22.8 Å². The zero-order chi connectivity index (χ0) is 21.8. The van der Waals surface area contributed by atoms with Gasteiger partial charge in [-0.25, -0.2) is 9.97 Å². The molecule has 4 rings (SSSR count). The lowest BCUT2D eigenvalue weighted by molar-refractivity contribution is 0.0914. The second-order valence-corrected chi connectivity index (χ2v) is 9.09. The summed E-state index contributed by atoms with van der Waals surface area (Å²) in [6, 6.07) is 7.74. The van der Waals surface area contributed by atoms with Crippen molar-refractivity contribution in [1.29, 1.82) is 0 Å². The number of rotatable bonds is 7. The van der Waals surface area contributed by atoms with E-state index in [1.165, 1.54) is 19.3 Å². The van der Waals surface area contributed by atoms with Crippen LogP contribution in [-0.2, 0) is 0 Å². The number of hydrogen-bond donors (Lipinski definition) is 1. The Morgan fingerprint density at radius 3 is 2.58 bits per heavy atom. The number of likely N-dealkylation sites (tertiary alicyclic amines) is 1. The van der Waals surface area contributed by atoms with Crippen molar-refractivity contribution in [2.75, 3.05) is 19.6 Å². The highest BCUT2D eigenvalue weighted by atomic mass is 35.5. The molecule has 6 nitrogen and oxygen atoms in total. The second-order valence-electron chi connectivity index (χ2n) is 8.69. The van der Waals surface area contributed by atoms with Gasteiger partial charge in [-0.3, -0.25) is 14.3 Å². The maximum atomic E-state index is 13.3. The van der Waals surface area contributed by atoms with Gasteiger partial charge in [0.05, 0.1) is 16.1 Å². The number of carbonyl (C=O) groups excluding carboxylic acids is 1. The van der Waals surface area contributed by atoms with E-state index in [4.69, 9.17) is 11.6 Å². The molecule has 31 heavy (non-hydrogen) atoms. The Labute approximate surface area is 188 Å². The van der Waals surface area contributed by atoms with Crippen molar-refractivity contribution in [2.45, 2.75) is 45.6 Å². The average molecular weight is 440 g/mol. The molecule has 1 amide bonds. The molecule has 0 aliphatic carbocycles. The first-order valence-electron chi connectivity index (χ1n) is 11.1. The zero-order valence-corrected chi connectivity index (χ0v) is 19.0. The first kappa shape index (κ1) is 21.8. The number of nitrogens with zero attached hydrogens (tertiary/aromatic N) is 4. The third-order valence-corrected chi connectivity index (χ3v) is 6.25. The number of piperidine rings is 1. The second kappa shape index (κ2) is 9.79. The Kier molecular flexibility index (Phi) is 6.88. The van der Waals surface area contributed by atoms with E-state index < -0.39 is 0 Å². The number of carbonyl (C=O) groups is 1. The monoisotopic (exact) mass is 439 g/mol. The summed E-state index contributed by atoms with van der Waals surface area (Å²) in [6.45, 7) is 7.35. The number of nitrogens with one attached hydrogen (secondary N) is 1. The summed E-state index contributed by atoms with van der Waals surface area (Å²) in [5.74, 6) is 0.980. The fraction of sp³-hybridized carbons (Fsp3) is 0.458. The normalized spacial score (nSPS) is 16.0. The van der Waals surface area contributed by atoms with Crippen LogP contribution in [0.2, 0.25) is 5.02 Å². The minimum absolute atomic E-state index is 0.112. The standard InChI is InChI=1S/C24H30ClN5O/c1-17(2)14-18(29-12-4-3-5-13-29)15-28-23(31)19-16-30(24-26-10-7-11-27-24)21-9-6-8-20(25)22(19)21/h6-11,16-18H,3-5,12-15H2,1-2H3,(H,28,31). The molecule has 164 valence electrons. The van der Waals surface area contributed by atoms with Crippen LogP contribution in [0.1, 0.15) is 49.9 Å². The van der Waals surface area contributed by atoms with E-state index in [0.29, 0.717) is 35.0 Å². The van der Waals surface area contributed by atoms with Crippen LogP contribution in [0.25, 0.3) is 16.9 Å². The average Bonchev–Trinajstić information content (AvgIpc) is 3.18. The summed E-state index contributed by atoms with van der Waals surface area (Å²) in [5.41, 5.74) is 1.37. The fourth-order valence-electron chi connectivity index (χ4n) is 4.49. The fourth-order valence-corrected chi connectivity index (χ4v) is 4.76. The molecule has 1 unspecified atom stereocenters. The van der Waals surface area contributed by atoms with Crippen LogP contribution in [0, 0.1) is 5.92 Å². The Morgan fingerprint density at radius 2 is 1.87 bits per heavy atom. The van der Waals surface area contributed by atoms with E-state index in [2.05, 4.69) is 34.0 Å². The van der Waals surface area contributed by atoms with Crippen LogP contribution < -0.4 is 5.32 Å². The van der Waals surface area contributed by atoms with Gasteiger partial charge in [0.15, 0.2) is 0 Å². The molecule has 1 aromatic carbocycles. The number of hydrogen-bond acceptors (Lipinski definition) is 4. The SMILES string of the molecule is CC(C)CC(CNC(=O)c1cn(-c2ncccn2)c2cccc(Cl)c12)N1CCCCC1. The molecular weight excluding hydrogens is 410 g/mol. The summed E-state index contributed by atoms with van der Waals surface area (Å²) in [5, 5.41) is 4.47. The van der Waals surface area contributed by atoms with Crippen molar-refractivity contribution in [1.82, 2.24) is 24.8 Å². The maximum absolute atomic E-state index is 13.3. The predicted molar refractivity (Wildman–Crippen MR) is 125 cm³/mol. The lowest BCUT2D eigenvalue weighted by Crippen LogP contribution is -2.46. The Balaban J connectivity index is 1.60. The molecule has 2 aromatic heterocycles. The van der Waals surface area contributed by atoms with Gasteiger partial charge in [-0.15, -0.1) is 0 Å². The molecule has 0 radical (unpaired) electrons. The highest BCUT2D eigenvalue weighted by molar-refractivity contribution is 6.37. The van der Waals surface area contributed by atoms with Crippen LogP contribution in [0.4, 0.5) is 0 Å². The third-order valence-electron chi connectivity index (χ3n) is 5.94. The van der Waals surface area contributed by atoms with Gasteiger partial charge in [0.1, 0.15) is 0 Å². The molecule has 1 saturated heterocycles. The van der Waals surface area contributed by atoms with Gasteiger partial charge >= 0.3 is 0 Å². The van der Waals surface area contributed by atoms with E-state index in [0.717, 1.165) is 30.4 Å². The molecular formula is C24H30ClN5O.